The van der Waals surface area contributed by atoms with Crippen molar-refractivity contribution in [2.45, 2.75) is 57.8 Å². The topological polar surface area (TPSA) is 128 Å². The molecule has 0 radical (unpaired) electrons. The Morgan fingerprint density at radius 2 is 1.54 bits per heavy atom. The number of carbonyl (C=O) groups is 3. The van der Waals surface area contributed by atoms with Crippen LogP contribution in [0, 0.1) is 0 Å². The number of hydrogen-bond acceptors (Lipinski definition) is 7. The molecule has 0 bridgehead atoms. The van der Waals surface area contributed by atoms with Gasteiger partial charge in [-0.25, -0.2) is 13.2 Å². The molecule has 1 fully saturated rings. The van der Waals surface area contributed by atoms with E-state index in [4.69, 9.17) is 16.3 Å². The molecule has 5 rings (SSSR count). The third-order valence-electron chi connectivity index (χ3n) is 8.28. The van der Waals surface area contributed by atoms with Gasteiger partial charge in [0.2, 0.25) is 21.8 Å². The summed E-state index contributed by atoms with van der Waals surface area (Å²) in [5.41, 5.74) is 3.14. The van der Waals surface area contributed by atoms with E-state index in [0.29, 0.717) is 36.9 Å². The SMILES string of the molecule is CC(C)(C)OC(=O)N1Cc2ccccc2C[C@H]1C(=O)N[C@@H](Cc1ccc(Cl)cc1)C(=O)N1CCN(c2ccccc2NS(C)(=O)=O)CC1. The smallest absolute Gasteiger partial charge is 0.411 e. The number of hydrogen-bond donors (Lipinski definition) is 2. The summed E-state index contributed by atoms with van der Waals surface area (Å²) >= 11 is 6.13. The van der Waals surface area contributed by atoms with Gasteiger partial charge in [-0.2, -0.15) is 0 Å². The maximum Gasteiger partial charge on any atom is 0.411 e. The van der Waals surface area contributed by atoms with E-state index in [9.17, 15) is 22.8 Å². The lowest BCUT2D eigenvalue weighted by molar-refractivity contribution is -0.138. The zero-order chi connectivity index (χ0) is 34.6. The minimum absolute atomic E-state index is 0.205. The van der Waals surface area contributed by atoms with Crippen LogP contribution >= 0.6 is 11.6 Å². The monoisotopic (exact) mass is 695 g/mol. The molecule has 2 heterocycles. The second-order valence-corrected chi connectivity index (χ2v) is 15.4. The lowest BCUT2D eigenvalue weighted by Crippen LogP contribution is -2.59. The second kappa shape index (κ2) is 14.4. The van der Waals surface area contributed by atoms with Crippen molar-refractivity contribution in [2.24, 2.45) is 0 Å². The van der Waals surface area contributed by atoms with Crippen molar-refractivity contribution >= 4 is 50.9 Å². The van der Waals surface area contributed by atoms with Crippen LogP contribution in [0.15, 0.2) is 72.8 Å². The molecule has 0 aromatic heterocycles. The maximum atomic E-state index is 14.2. The van der Waals surface area contributed by atoms with E-state index in [1.807, 2.05) is 53.4 Å². The summed E-state index contributed by atoms with van der Waals surface area (Å²) < 4.78 is 32.2. The Balaban J connectivity index is 1.36. The molecule has 1 saturated heterocycles. The largest absolute Gasteiger partial charge is 0.444 e. The Hall–Kier alpha value is -4.29. The number of amides is 3. The molecule has 3 aromatic carbocycles. The van der Waals surface area contributed by atoms with Gasteiger partial charge in [0.1, 0.15) is 17.7 Å². The second-order valence-electron chi connectivity index (χ2n) is 13.2. The van der Waals surface area contributed by atoms with Crippen molar-refractivity contribution in [1.29, 1.82) is 0 Å². The quantitative estimate of drug-likeness (QED) is 0.357. The highest BCUT2D eigenvalue weighted by Gasteiger charge is 2.39. The van der Waals surface area contributed by atoms with Crippen molar-refractivity contribution in [3.05, 3.63) is 94.5 Å². The summed E-state index contributed by atoms with van der Waals surface area (Å²) in [6.45, 7) is 7.18. The Morgan fingerprint density at radius 1 is 0.917 bits per heavy atom. The number of sulfonamides is 1. The number of fused-ring (bicyclic) bond motifs is 1. The van der Waals surface area contributed by atoms with E-state index < -0.39 is 39.7 Å². The van der Waals surface area contributed by atoms with Gasteiger partial charge in [-0.1, -0.05) is 60.1 Å². The molecule has 0 aliphatic carbocycles. The number of carbonyl (C=O) groups excluding carboxylic acids is 3. The van der Waals surface area contributed by atoms with Crippen LogP contribution in [-0.4, -0.2) is 86.2 Å². The summed E-state index contributed by atoms with van der Waals surface area (Å²) in [4.78, 5) is 46.8. The number of nitrogens with one attached hydrogen (secondary N) is 2. The molecule has 0 spiro atoms. The van der Waals surface area contributed by atoms with Gasteiger partial charge in [-0.15, -0.1) is 0 Å². The number of halogens is 1. The van der Waals surface area contributed by atoms with E-state index in [-0.39, 0.29) is 25.3 Å². The molecule has 0 saturated carbocycles. The van der Waals surface area contributed by atoms with Crippen LogP contribution in [0.3, 0.4) is 0 Å². The Kier molecular flexibility index (Phi) is 10.5. The molecule has 2 atom stereocenters. The lowest BCUT2D eigenvalue weighted by Gasteiger charge is -2.39. The maximum absolute atomic E-state index is 14.2. The number of rotatable bonds is 8. The van der Waals surface area contributed by atoms with Gasteiger partial charge in [-0.05, 0) is 61.7 Å². The van der Waals surface area contributed by atoms with Crippen molar-refractivity contribution in [3.63, 3.8) is 0 Å². The van der Waals surface area contributed by atoms with Gasteiger partial charge in [0.05, 0.1) is 24.2 Å². The standard InChI is InChI=1S/C35H42ClN5O6S/c1-35(2,3)47-34(44)41-23-26-10-6-5-9-25(26)22-31(41)32(42)37-29(21-24-13-15-27(36)16-14-24)33(43)40-19-17-39(18-20-40)30-12-8-7-11-28(30)38-48(4,45)46/h5-16,29,31,38H,17-23H2,1-4H3,(H,37,42)/t29-,31-/m0/s1. The lowest BCUT2D eigenvalue weighted by atomic mass is 9.93. The number of piperazine rings is 1. The first-order valence-corrected chi connectivity index (χ1v) is 18.2. The van der Waals surface area contributed by atoms with Crippen LogP contribution in [0.1, 0.15) is 37.5 Å². The molecule has 13 heteroatoms. The fourth-order valence-electron chi connectivity index (χ4n) is 6.02. The molecular formula is C35H42ClN5O6S. The predicted octanol–water partition coefficient (Wildman–Crippen LogP) is 4.45. The van der Waals surface area contributed by atoms with Gasteiger partial charge in [0, 0.05) is 44.0 Å². The highest BCUT2D eigenvalue weighted by Crippen LogP contribution is 2.28. The summed E-state index contributed by atoms with van der Waals surface area (Å²) in [7, 11) is -3.48. The van der Waals surface area contributed by atoms with E-state index in [0.717, 1.165) is 28.6 Å². The third-order valence-corrected chi connectivity index (χ3v) is 9.12. The normalized spacial score (nSPS) is 17.3. The average molecular weight is 696 g/mol. The van der Waals surface area contributed by atoms with Gasteiger partial charge in [0.15, 0.2) is 0 Å². The number of nitrogens with zero attached hydrogens (tertiary/aromatic N) is 3. The number of para-hydroxylation sites is 2. The van der Waals surface area contributed by atoms with Crippen LogP contribution in [0.4, 0.5) is 16.2 Å². The first kappa shape index (κ1) is 35.0. The van der Waals surface area contributed by atoms with Crippen LogP contribution in [-0.2, 0) is 43.7 Å². The Morgan fingerprint density at radius 3 is 2.19 bits per heavy atom. The fourth-order valence-corrected chi connectivity index (χ4v) is 6.72. The average Bonchev–Trinajstić information content (AvgIpc) is 3.03. The molecule has 48 heavy (non-hydrogen) atoms. The van der Waals surface area contributed by atoms with E-state index in [2.05, 4.69) is 10.0 Å². The van der Waals surface area contributed by atoms with Gasteiger partial charge < -0.3 is 19.9 Å². The molecule has 2 aliphatic heterocycles. The number of ether oxygens (including phenoxy) is 1. The highest BCUT2D eigenvalue weighted by atomic mass is 35.5. The van der Waals surface area contributed by atoms with Crippen LogP contribution in [0.25, 0.3) is 0 Å². The molecular weight excluding hydrogens is 654 g/mol. The molecule has 2 N–H and O–H groups in total. The predicted molar refractivity (Wildman–Crippen MR) is 186 cm³/mol. The van der Waals surface area contributed by atoms with E-state index in [1.165, 1.54) is 4.90 Å². The molecule has 0 unspecified atom stereocenters. The highest BCUT2D eigenvalue weighted by molar-refractivity contribution is 7.92. The third kappa shape index (κ3) is 8.99. The van der Waals surface area contributed by atoms with Crippen LogP contribution in [0.5, 0.6) is 0 Å². The zero-order valence-corrected chi connectivity index (χ0v) is 29.2. The van der Waals surface area contributed by atoms with Crippen molar-refractivity contribution in [2.75, 3.05) is 42.1 Å². The summed E-state index contributed by atoms with van der Waals surface area (Å²) in [5.74, 6) is -0.692. The summed E-state index contributed by atoms with van der Waals surface area (Å²) in [5, 5.41) is 3.56. The van der Waals surface area contributed by atoms with Crippen LogP contribution in [0.2, 0.25) is 5.02 Å². The van der Waals surface area contributed by atoms with Crippen LogP contribution < -0.4 is 14.9 Å². The van der Waals surface area contributed by atoms with Crippen molar-refractivity contribution < 1.29 is 27.5 Å². The molecule has 256 valence electrons. The van der Waals surface area contributed by atoms with Gasteiger partial charge in [-0.3, -0.25) is 19.2 Å². The fraction of sp³-hybridized carbons (Fsp3) is 0.400. The van der Waals surface area contributed by atoms with Crippen molar-refractivity contribution in [1.82, 2.24) is 15.1 Å². The number of benzene rings is 3. The Labute approximate surface area is 287 Å². The van der Waals surface area contributed by atoms with Gasteiger partial charge >= 0.3 is 6.09 Å². The molecule has 11 nitrogen and oxygen atoms in total. The van der Waals surface area contributed by atoms with E-state index >= 15 is 0 Å². The Bertz CT molecular complexity index is 1750. The minimum atomic E-state index is -3.48. The zero-order valence-electron chi connectivity index (χ0n) is 27.6. The van der Waals surface area contributed by atoms with Gasteiger partial charge in [0.25, 0.3) is 0 Å². The minimum Gasteiger partial charge on any atom is -0.444 e. The molecule has 2 aliphatic rings. The molecule has 3 aromatic rings. The summed E-state index contributed by atoms with van der Waals surface area (Å²) in [6.07, 6.45) is 1.01. The first-order valence-electron chi connectivity index (χ1n) is 15.9. The van der Waals surface area contributed by atoms with E-state index in [1.54, 1.807) is 49.9 Å². The number of anilines is 2. The molecule has 3 amide bonds. The first-order chi connectivity index (χ1) is 22.7. The summed E-state index contributed by atoms with van der Waals surface area (Å²) in [6, 6.07) is 20.1. The van der Waals surface area contributed by atoms with Crippen molar-refractivity contribution in [3.8, 4) is 0 Å².